The number of ketones is 1. The summed E-state index contributed by atoms with van der Waals surface area (Å²) in [5, 5.41) is 35.3. The molecule has 1 rings (SSSR count). The molecule has 0 bridgehead atoms. The van der Waals surface area contributed by atoms with Crippen LogP contribution in [0.5, 0.6) is 0 Å². The quantitative estimate of drug-likeness (QED) is 0.307. The Bertz CT molecular complexity index is 441. The van der Waals surface area contributed by atoms with Gasteiger partial charge in [0.25, 0.3) is 5.78 Å². The van der Waals surface area contributed by atoms with Crippen LogP contribution in [0.25, 0.3) is 0 Å². The van der Waals surface area contributed by atoms with Crippen LogP contribution in [0, 0.1) is 0 Å². The van der Waals surface area contributed by atoms with E-state index in [2.05, 4.69) is 0 Å². The van der Waals surface area contributed by atoms with Crippen LogP contribution in [0.1, 0.15) is 12.8 Å². The highest BCUT2D eigenvalue weighted by Gasteiger charge is 2.31. The summed E-state index contributed by atoms with van der Waals surface area (Å²) in [4.78, 5) is 31.8. The highest BCUT2D eigenvalue weighted by Crippen LogP contribution is 2.31. The lowest BCUT2D eigenvalue weighted by Gasteiger charge is -2.00. The van der Waals surface area contributed by atoms with Gasteiger partial charge in [-0.3, -0.25) is 4.79 Å². The molecule has 0 heterocycles. The van der Waals surface area contributed by atoms with E-state index in [-0.39, 0.29) is 18.4 Å². The van der Waals surface area contributed by atoms with E-state index in [0.29, 0.717) is 0 Å². The number of aliphatic hydroxyl groups excluding tert-OH is 2. The molecule has 0 atom stereocenters. The van der Waals surface area contributed by atoms with Gasteiger partial charge in [-0.05, 0) is 12.8 Å². The first-order chi connectivity index (χ1) is 7.36. The normalized spacial score (nSPS) is 18.5. The van der Waals surface area contributed by atoms with Crippen molar-refractivity contribution in [2.75, 3.05) is 0 Å². The average Bonchev–Trinajstić information content (AvgIpc) is 2.57. The lowest BCUT2D eigenvalue weighted by molar-refractivity contribution is -0.147. The number of carbonyl (C=O) groups excluding carboxylic acids is 1. The molecule has 7 heteroatoms. The molecule has 0 saturated carbocycles. The number of hydrogen-bond donors (Lipinski definition) is 4. The van der Waals surface area contributed by atoms with Gasteiger partial charge < -0.3 is 20.4 Å². The van der Waals surface area contributed by atoms with Crippen molar-refractivity contribution in [1.82, 2.24) is 0 Å². The Balaban J connectivity index is 3.18. The fourth-order valence-electron chi connectivity index (χ4n) is 1.38. The number of allylic oxidation sites excluding steroid dienone is 1. The Kier molecular flexibility index (Phi) is 2.98. The molecule has 86 valence electrons. The molecule has 0 spiro atoms. The molecule has 0 saturated heterocycles. The Labute approximate surface area is 88.9 Å². The van der Waals surface area contributed by atoms with Gasteiger partial charge in [-0.15, -0.1) is 0 Å². The molecule has 1 aliphatic carbocycles. The molecule has 0 aromatic carbocycles. The standard InChI is InChI=1S/C9H8O7/c10-5-3(6(11)8(13)14)1-2-4(5)7(12)9(15)16/h10-11H,1-2H2,(H,13,14)(H,15,16). The molecule has 7 nitrogen and oxygen atoms in total. The predicted octanol–water partition coefficient (Wildman–Crippen LogP) is 0.143. The first-order valence-corrected chi connectivity index (χ1v) is 4.21. The van der Waals surface area contributed by atoms with E-state index in [1.54, 1.807) is 0 Å². The van der Waals surface area contributed by atoms with E-state index in [1.165, 1.54) is 0 Å². The van der Waals surface area contributed by atoms with Crippen molar-refractivity contribution in [2.45, 2.75) is 12.8 Å². The second kappa shape index (κ2) is 4.05. The van der Waals surface area contributed by atoms with Crippen molar-refractivity contribution in [3.8, 4) is 0 Å². The van der Waals surface area contributed by atoms with Crippen molar-refractivity contribution in [1.29, 1.82) is 0 Å². The summed E-state index contributed by atoms with van der Waals surface area (Å²) in [7, 11) is 0. The van der Waals surface area contributed by atoms with Gasteiger partial charge in [0, 0.05) is 11.1 Å². The van der Waals surface area contributed by atoms with Crippen molar-refractivity contribution in [3.05, 3.63) is 22.7 Å². The highest BCUT2D eigenvalue weighted by atomic mass is 16.4. The minimum Gasteiger partial charge on any atom is -0.507 e. The minimum atomic E-state index is -1.74. The van der Waals surface area contributed by atoms with Crippen LogP contribution in [0.4, 0.5) is 0 Å². The number of aliphatic carboxylic acids is 2. The van der Waals surface area contributed by atoms with Gasteiger partial charge in [0.1, 0.15) is 5.76 Å². The van der Waals surface area contributed by atoms with Crippen molar-refractivity contribution >= 4 is 17.7 Å². The smallest absolute Gasteiger partial charge is 0.377 e. The molecule has 0 aromatic heterocycles. The summed E-state index contributed by atoms with van der Waals surface area (Å²) in [6.45, 7) is 0. The second-order valence-electron chi connectivity index (χ2n) is 3.09. The molecular weight excluding hydrogens is 220 g/mol. The molecule has 0 aromatic rings. The fraction of sp³-hybridized carbons (Fsp3) is 0.222. The van der Waals surface area contributed by atoms with E-state index < -0.39 is 34.8 Å². The largest absolute Gasteiger partial charge is 0.507 e. The van der Waals surface area contributed by atoms with Crippen LogP contribution < -0.4 is 0 Å². The summed E-state index contributed by atoms with van der Waals surface area (Å²) in [6, 6.07) is 0. The van der Waals surface area contributed by atoms with Gasteiger partial charge in [-0.2, -0.15) is 0 Å². The summed E-state index contributed by atoms with van der Waals surface area (Å²) in [5.41, 5.74) is -0.715. The van der Waals surface area contributed by atoms with Gasteiger partial charge in [0.2, 0.25) is 5.76 Å². The summed E-state index contributed by atoms with van der Waals surface area (Å²) >= 11 is 0. The van der Waals surface area contributed by atoms with Crippen LogP contribution in [0.3, 0.4) is 0 Å². The Morgan fingerprint density at radius 2 is 1.50 bits per heavy atom. The van der Waals surface area contributed by atoms with Gasteiger partial charge in [-0.1, -0.05) is 0 Å². The van der Waals surface area contributed by atoms with Gasteiger partial charge in [-0.25, -0.2) is 9.59 Å². The lowest BCUT2D eigenvalue weighted by atomic mass is 10.1. The van der Waals surface area contributed by atoms with Crippen molar-refractivity contribution in [2.24, 2.45) is 0 Å². The third-order valence-electron chi connectivity index (χ3n) is 2.15. The van der Waals surface area contributed by atoms with Gasteiger partial charge >= 0.3 is 11.9 Å². The Morgan fingerprint density at radius 3 is 1.94 bits per heavy atom. The topological polar surface area (TPSA) is 132 Å². The number of carboxylic acids is 2. The zero-order valence-corrected chi connectivity index (χ0v) is 7.93. The number of hydrogen-bond acceptors (Lipinski definition) is 5. The summed E-state index contributed by atoms with van der Waals surface area (Å²) in [6.07, 6.45) is -0.193. The number of rotatable bonds is 3. The van der Waals surface area contributed by atoms with E-state index in [0.717, 1.165) is 0 Å². The third kappa shape index (κ3) is 1.88. The molecule has 16 heavy (non-hydrogen) atoms. The zero-order chi connectivity index (χ0) is 12.5. The molecule has 0 unspecified atom stereocenters. The fourth-order valence-corrected chi connectivity index (χ4v) is 1.38. The van der Waals surface area contributed by atoms with Crippen LogP contribution >= 0.6 is 0 Å². The van der Waals surface area contributed by atoms with Gasteiger partial charge in [0.05, 0.1) is 0 Å². The number of Topliss-reactive ketones (excluding diaryl/α,β-unsaturated/α-hetero) is 1. The van der Waals surface area contributed by atoms with Crippen LogP contribution in [-0.4, -0.2) is 38.1 Å². The van der Waals surface area contributed by atoms with Crippen molar-refractivity contribution < 1.29 is 34.8 Å². The van der Waals surface area contributed by atoms with E-state index >= 15 is 0 Å². The SMILES string of the molecule is O=C(O)C(=O)C1=C(O)C(=C(O)C(=O)O)CC1. The molecule has 0 amide bonds. The molecule has 0 fully saturated rings. The summed E-state index contributed by atoms with van der Waals surface area (Å²) < 4.78 is 0. The molecular formula is C9H8O7. The van der Waals surface area contributed by atoms with E-state index in [9.17, 15) is 19.5 Å². The minimum absolute atomic E-state index is 0.0850. The van der Waals surface area contributed by atoms with Crippen molar-refractivity contribution in [3.63, 3.8) is 0 Å². The zero-order valence-electron chi connectivity index (χ0n) is 7.93. The van der Waals surface area contributed by atoms with Crippen LogP contribution in [0.2, 0.25) is 0 Å². The monoisotopic (exact) mass is 228 g/mol. The number of carboxylic acid groups (broad SMARTS) is 2. The van der Waals surface area contributed by atoms with Crippen LogP contribution in [-0.2, 0) is 14.4 Å². The molecule has 0 aliphatic heterocycles. The maximum absolute atomic E-state index is 11.0. The van der Waals surface area contributed by atoms with Gasteiger partial charge in [0.15, 0.2) is 0 Å². The number of aliphatic hydroxyl groups is 2. The molecule has 1 aliphatic rings. The first-order valence-electron chi connectivity index (χ1n) is 4.21. The van der Waals surface area contributed by atoms with E-state index in [1.807, 2.05) is 0 Å². The lowest BCUT2D eigenvalue weighted by Crippen LogP contribution is -2.15. The number of carbonyl (C=O) groups is 3. The third-order valence-corrected chi connectivity index (χ3v) is 2.15. The molecule has 0 radical (unpaired) electrons. The van der Waals surface area contributed by atoms with E-state index in [4.69, 9.17) is 15.3 Å². The maximum Gasteiger partial charge on any atom is 0.377 e. The predicted molar refractivity (Wildman–Crippen MR) is 48.8 cm³/mol. The summed E-state index contributed by atoms with van der Waals surface area (Å²) in [5.74, 6) is -6.52. The first kappa shape index (κ1) is 11.8. The maximum atomic E-state index is 11.0. The Hall–Kier alpha value is -2.31. The molecule has 4 N–H and O–H groups in total. The van der Waals surface area contributed by atoms with Crippen LogP contribution in [0.15, 0.2) is 22.7 Å². The second-order valence-corrected chi connectivity index (χ2v) is 3.09. The Morgan fingerprint density at radius 1 is 0.938 bits per heavy atom. The average molecular weight is 228 g/mol. The highest BCUT2D eigenvalue weighted by molar-refractivity contribution is 6.40.